The fourth-order valence-electron chi connectivity index (χ4n) is 9.56. The Morgan fingerprint density at radius 2 is 1.44 bits per heavy atom. The highest BCUT2D eigenvalue weighted by atomic mass is 16.3. The molecule has 1 aliphatic rings. The number of hydrogen-bond donors (Lipinski definition) is 10. The Kier molecular flexibility index (Phi) is 26.7. The van der Waals surface area contributed by atoms with Crippen LogP contribution in [0.2, 0.25) is 0 Å². The van der Waals surface area contributed by atoms with Crippen molar-refractivity contribution >= 4 is 75.4 Å². The Bertz CT molecular complexity index is 2470. The number of Topliss-reactive ketones (excluding diaryl/α,β-unsaturated/α-hetero) is 4. The molecule has 2 aromatic rings. The van der Waals surface area contributed by atoms with Crippen LogP contribution in [0.5, 0.6) is 0 Å². The Labute approximate surface area is 458 Å². The summed E-state index contributed by atoms with van der Waals surface area (Å²) in [4.78, 5) is 152. The molecular formula is C57H87N9O12. The molecule has 0 saturated heterocycles. The summed E-state index contributed by atoms with van der Waals surface area (Å²) in [7, 11) is 0. The molecule has 1 aliphatic heterocycles. The molecule has 3 unspecified atom stereocenters. The number of allylic oxidation sites excluding steroid dienone is 2. The van der Waals surface area contributed by atoms with Gasteiger partial charge in [-0.25, -0.2) is 0 Å². The van der Waals surface area contributed by atoms with Crippen molar-refractivity contribution in [2.24, 2.45) is 34.6 Å². The van der Waals surface area contributed by atoms with Gasteiger partial charge < -0.3 is 53.5 Å². The number of carbonyl (C=O) groups is 11. The van der Waals surface area contributed by atoms with Gasteiger partial charge in [-0.3, -0.25) is 52.7 Å². The normalized spacial score (nSPS) is 24.9. The highest BCUT2D eigenvalue weighted by molar-refractivity contribution is 6.41. The molecule has 0 saturated carbocycles. The average Bonchev–Trinajstić information content (AvgIpc) is 3.78. The Morgan fingerprint density at radius 1 is 0.782 bits per heavy atom. The van der Waals surface area contributed by atoms with Crippen LogP contribution < -0.4 is 43.4 Å². The molecule has 0 bridgehead atoms. The summed E-state index contributed by atoms with van der Waals surface area (Å²) in [6, 6.07) is 0.890. The molecule has 21 heteroatoms. The van der Waals surface area contributed by atoms with E-state index in [1.807, 2.05) is 50.3 Å². The lowest BCUT2D eigenvalue weighted by Gasteiger charge is -2.33. The molecule has 7 amide bonds. The maximum Gasteiger partial charge on any atom is 0.246 e. The van der Waals surface area contributed by atoms with Crippen molar-refractivity contribution in [1.29, 1.82) is 0 Å². The van der Waals surface area contributed by atoms with E-state index in [2.05, 4.69) is 36.9 Å². The number of primary amides is 2. The maximum atomic E-state index is 14.5. The van der Waals surface area contributed by atoms with Crippen LogP contribution in [0.25, 0.3) is 10.9 Å². The third kappa shape index (κ3) is 21.0. The third-order valence-corrected chi connectivity index (χ3v) is 14.6. The Balaban J connectivity index is 2.03. The number of para-hydroxylation sites is 1. The van der Waals surface area contributed by atoms with Crippen LogP contribution in [0.15, 0.2) is 42.6 Å². The topological polar surface area (TPSA) is 348 Å². The van der Waals surface area contributed by atoms with Gasteiger partial charge in [-0.2, -0.15) is 0 Å². The summed E-state index contributed by atoms with van der Waals surface area (Å²) in [6.07, 6.45) is 11.0. The molecular weight excluding hydrogens is 1000 g/mol. The summed E-state index contributed by atoms with van der Waals surface area (Å²) < 4.78 is 0. The second-order valence-electron chi connectivity index (χ2n) is 22.1. The van der Waals surface area contributed by atoms with E-state index in [-0.39, 0.29) is 69.0 Å². The van der Waals surface area contributed by atoms with E-state index >= 15 is 0 Å². The van der Waals surface area contributed by atoms with Gasteiger partial charge in [0.2, 0.25) is 52.9 Å². The number of nitrogens with one attached hydrogen (secondary N) is 7. The number of carbonyl (C=O) groups excluding carboxylic acids is 11. The van der Waals surface area contributed by atoms with Gasteiger partial charge in [0.15, 0.2) is 0 Å². The Hall–Kier alpha value is -6.61. The molecule has 1 aromatic carbocycles. The lowest BCUT2D eigenvalue weighted by Crippen LogP contribution is -2.63. The first-order valence-electron chi connectivity index (χ1n) is 27.5. The molecule has 0 fully saturated rings. The van der Waals surface area contributed by atoms with Crippen LogP contribution in [0.1, 0.15) is 157 Å². The second kappa shape index (κ2) is 31.7. The third-order valence-electron chi connectivity index (χ3n) is 14.6. The summed E-state index contributed by atoms with van der Waals surface area (Å²) in [5.41, 5.74) is 9.56. The Morgan fingerprint density at radius 3 is 2.08 bits per heavy atom. The number of aliphatic hydroxyl groups is 1. The number of amides is 7. The van der Waals surface area contributed by atoms with Crippen LogP contribution in [0.3, 0.4) is 0 Å². The summed E-state index contributed by atoms with van der Waals surface area (Å²) in [5.74, 6) is -9.63. The molecule has 0 aliphatic carbocycles. The molecule has 0 spiro atoms. The van der Waals surface area contributed by atoms with Crippen molar-refractivity contribution in [2.75, 3.05) is 13.2 Å². The van der Waals surface area contributed by atoms with E-state index < -0.39 is 113 Å². The summed E-state index contributed by atoms with van der Waals surface area (Å²) >= 11 is 0. The molecule has 0 radical (unpaired) electrons. The first kappa shape index (κ1) is 65.7. The number of fused-ring (bicyclic) bond motifs is 1. The van der Waals surface area contributed by atoms with Gasteiger partial charge in [0, 0.05) is 54.2 Å². The molecule has 1 aromatic heterocycles. The maximum absolute atomic E-state index is 14.5. The van der Waals surface area contributed by atoms with Crippen LogP contribution >= 0.6 is 0 Å². The predicted molar refractivity (Wildman–Crippen MR) is 295 cm³/mol. The minimum Gasteiger partial charge on any atom is -0.394 e. The van der Waals surface area contributed by atoms with E-state index in [9.17, 15) is 57.8 Å². The molecule has 9 atom stereocenters. The fraction of sp³-hybridized carbons (Fsp3) is 0.632. The van der Waals surface area contributed by atoms with Crippen LogP contribution in [-0.2, 0) is 59.2 Å². The quantitative estimate of drug-likeness (QED) is 0.0759. The largest absolute Gasteiger partial charge is 0.394 e. The van der Waals surface area contributed by atoms with Gasteiger partial charge in [0.05, 0.1) is 24.6 Å². The van der Waals surface area contributed by atoms with E-state index in [1.54, 1.807) is 13.1 Å². The van der Waals surface area contributed by atoms with E-state index in [1.165, 1.54) is 34.6 Å². The smallest absolute Gasteiger partial charge is 0.246 e. The average molecular weight is 1090 g/mol. The van der Waals surface area contributed by atoms with Crippen molar-refractivity contribution in [3.8, 4) is 0 Å². The number of aromatic nitrogens is 1. The number of aromatic amines is 1. The van der Waals surface area contributed by atoms with Crippen molar-refractivity contribution in [2.45, 2.75) is 194 Å². The number of H-pyrrole nitrogens is 1. The van der Waals surface area contributed by atoms with E-state index in [0.717, 1.165) is 42.1 Å². The van der Waals surface area contributed by atoms with E-state index in [4.69, 9.17) is 11.5 Å². The van der Waals surface area contributed by atoms with E-state index in [0.29, 0.717) is 32.1 Å². The van der Waals surface area contributed by atoms with Gasteiger partial charge in [-0.15, -0.1) is 0 Å². The fourth-order valence-corrected chi connectivity index (χ4v) is 9.56. The zero-order valence-corrected chi connectivity index (χ0v) is 47.0. The van der Waals surface area contributed by atoms with Gasteiger partial charge in [0.1, 0.15) is 35.2 Å². The molecule has 12 N–H and O–H groups in total. The minimum absolute atomic E-state index is 0.0177. The first-order chi connectivity index (χ1) is 36.7. The zero-order valence-electron chi connectivity index (χ0n) is 47.0. The van der Waals surface area contributed by atoms with Crippen LogP contribution in [0.4, 0.5) is 0 Å². The summed E-state index contributed by atoms with van der Waals surface area (Å²) in [5, 5.41) is 27.0. The number of rotatable bonds is 18. The molecule has 21 nitrogen and oxygen atoms in total. The van der Waals surface area contributed by atoms with Crippen molar-refractivity contribution in [3.05, 3.63) is 48.2 Å². The minimum atomic E-state index is -1.70. The predicted octanol–water partition coefficient (Wildman–Crippen LogP) is 3.12. The summed E-state index contributed by atoms with van der Waals surface area (Å²) in [6.45, 7) is 11.5. The van der Waals surface area contributed by atoms with Crippen molar-refractivity contribution < 1.29 is 57.8 Å². The van der Waals surface area contributed by atoms with Gasteiger partial charge in [-0.1, -0.05) is 76.8 Å². The number of ketones is 4. The zero-order chi connectivity index (χ0) is 58.3. The van der Waals surface area contributed by atoms with Crippen LogP contribution in [0, 0.1) is 23.2 Å². The molecule has 432 valence electrons. The van der Waals surface area contributed by atoms with Crippen molar-refractivity contribution in [1.82, 2.24) is 36.9 Å². The highest BCUT2D eigenvalue weighted by Gasteiger charge is 2.41. The van der Waals surface area contributed by atoms with Crippen LogP contribution in [-0.4, -0.2) is 123 Å². The number of nitrogens with two attached hydrogens (primary N) is 2. The SMILES string of the molecule is CC(=O)C[C@]1(C)CCCCCC/C=C/CCC[C@@](C)(C(=O)NC(CO)C(=O)N[C@@H](C)C(=O)NC(C)C(N)=O)NC(=O)[C@H](CCC(C)C)CN[C@@H](CCC(N)=O)C(=O)C(=O)C(C)NC(=O)[C@H](Cc2c[nH]c3ccccc23)CC1=O. The number of benzene rings is 1. The van der Waals surface area contributed by atoms with Crippen molar-refractivity contribution in [3.63, 3.8) is 0 Å². The molecule has 2 heterocycles. The standard InChI is InChI=1S/C57H87N9O12/c1-34(2)22-23-39-31-61-44(24-25-47(58)70)49(72)48(71)36(4)62-52(75)40(28-41-32-60-43-21-17-16-20-42(41)43)29-46(69)56(7,30-35(3)68)26-18-14-12-10-9-11-13-15-19-27-57(8,66-53(39)76)55(78)65-45(33-67)54(77)64-38(6)51(74)63-37(5)50(59)73/h11,13,16-17,20-21,32,34,36-40,44-45,60-61,67H,9-10,12,14-15,18-19,22-31,33H2,1-8H3,(H2,58,70)(H2,59,73)(H,62,75)(H,63,74)(H,64,77)(H,65,78)(H,66,76)/b13-11+/t36?,37?,38-,39+,40+,44-,45?,56-,57-/m0/s1. The van der Waals surface area contributed by atoms with Gasteiger partial charge in [-0.05, 0) is 110 Å². The second-order valence-corrected chi connectivity index (χ2v) is 22.1. The highest BCUT2D eigenvalue weighted by Crippen LogP contribution is 2.34. The number of hydrogen-bond acceptors (Lipinski definition) is 13. The lowest BCUT2D eigenvalue weighted by atomic mass is 9.73. The molecule has 78 heavy (non-hydrogen) atoms. The number of aliphatic hydroxyl groups excluding tert-OH is 1. The van der Waals surface area contributed by atoms with Gasteiger partial charge in [0.25, 0.3) is 0 Å². The molecule has 3 rings (SSSR count). The first-order valence-corrected chi connectivity index (χ1v) is 27.5. The lowest BCUT2D eigenvalue weighted by molar-refractivity contribution is -0.141. The van der Waals surface area contributed by atoms with Gasteiger partial charge >= 0.3 is 0 Å². The monoisotopic (exact) mass is 1090 g/mol.